The predicted octanol–water partition coefficient (Wildman–Crippen LogP) is 3.85. The van der Waals surface area contributed by atoms with Gasteiger partial charge in [0.2, 0.25) is 0 Å². The van der Waals surface area contributed by atoms with Gasteiger partial charge in [-0.15, -0.1) is 0 Å². The normalized spacial score (nSPS) is 11.0. The average molecular weight is 439 g/mol. The number of nitrogen functional groups attached to an aromatic ring is 1. The van der Waals surface area contributed by atoms with Crippen molar-refractivity contribution in [3.05, 3.63) is 64.7 Å². The van der Waals surface area contributed by atoms with Crippen molar-refractivity contribution in [1.29, 1.82) is 0 Å². The van der Waals surface area contributed by atoms with Crippen molar-refractivity contribution in [2.45, 2.75) is 13.5 Å². The summed E-state index contributed by atoms with van der Waals surface area (Å²) < 4.78 is 12.1. The van der Waals surface area contributed by atoms with E-state index in [1.807, 2.05) is 18.2 Å². The highest BCUT2D eigenvalue weighted by Crippen LogP contribution is 2.28. The molecule has 0 aliphatic carbocycles. The number of para-hydroxylation sites is 2. The number of halogens is 1. The van der Waals surface area contributed by atoms with Gasteiger partial charge in [-0.3, -0.25) is 0 Å². The molecule has 2 aromatic carbocycles. The Hall–Kier alpha value is -3.65. The Morgan fingerprint density at radius 3 is 2.39 bits per heavy atom. The lowest BCUT2D eigenvalue weighted by Gasteiger charge is -2.09. The number of aromatic nitrogens is 3. The number of rotatable bonds is 6. The van der Waals surface area contributed by atoms with Crippen LogP contribution in [0.1, 0.15) is 27.6 Å². The third-order valence-corrected chi connectivity index (χ3v) is 5.04. The summed E-state index contributed by atoms with van der Waals surface area (Å²) in [6, 6.07) is 13.9. The highest BCUT2D eigenvalue weighted by atomic mass is 35.5. The quantitative estimate of drug-likeness (QED) is 0.455. The molecule has 0 atom stereocenters. The number of nitrogens with two attached hydrogens (primary N) is 1. The van der Waals surface area contributed by atoms with Crippen molar-refractivity contribution in [3.63, 3.8) is 0 Å². The summed E-state index contributed by atoms with van der Waals surface area (Å²) in [5, 5.41) is 0.306. The molecule has 0 saturated heterocycles. The number of carbonyl (C=O) groups excluding carboxylic acids is 2. The molecule has 2 heterocycles. The minimum Gasteiger partial charge on any atom is -0.462 e. The molecule has 0 aliphatic heterocycles. The first-order valence-corrected chi connectivity index (χ1v) is 10.0. The molecule has 4 rings (SSSR count). The summed E-state index contributed by atoms with van der Waals surface area (Å²) in [5.41, 5.74) is 8.73. The lowest BCUT2D eigenvalue weighted by Crippen LogP contribution is -2.14. The number of benzene rings is 2. The number of esters is 2. The number of hydrogen-bond acceptors (Lipinski definition) is 7. The van der Waals surface area contributed by atoms with Crippen LogP contribution in [0, 0.1) is 0 Å². The zero-order chi connectivity index (χ0) is 22.0. The number of hydrogen-bond donors (Lipinski definition) is 1. The maximum atomic E-state index is 12.6. The second-order valence-corrected chi connectivity index (χ2v) is 7.04. The first-order chi connectivity index (χ1) is 15.0. The zero-order valence-corrected chi connectivity index (χ0v) is 17.4. The largest absolute Gasteiger partial charge is 0.462 e. The number of anilines is 1. The van der Waals surface area contributed by atoms with Gasteiger partial charge in [0.25, 0.3) is 0 Å². The second-order valence-electron chi connectivity index (χ2n) is 6.63. The van der Waals surface area contributed by atoms with Gasteiger partial charge in [0.05, 0.1) is 34.8 Å². The van der Waals surface area contributed by atoms with Gasteiger partial charge in [0, 0.05) is 0 Å². The molecule has 0 saturated carbocycles. The molecule has 0 spiro atoms. The maximum absolute atomic E-state index is 12.6. The molecule has 0 radical (unpaired) electrons. The highest BCUT2D eigenvalue weighted by molar-refractivity contribution is 6.33. The van der Waals surface area contributed by atoms with Gasteiger partial charge in [-0.25, -0.2) is 19.6 Å². The Morgan fingerprint density at radius 2 is 1.68 bits per heavy atom. The molecule has 31 heavy (non-hydrogen) atoms. The monoisotopic (exact) mass is 438 g/mol. The van der Waals surface area contributed by atoms with E-state index in [2.05, 4.69) is 9.97 Å². The van der Waals surface area contributed by atoms with Gasteiger partial charge in [-0.1, -0.05) is 35.9 Å². The average Bonchev–Trinajstić information content (AvgIpc) is 3.03. The van der Waals surface area contributed by atoms with Gasteiger partial charge >= 0.3 is 11.9 Å². The number of nitrogens with zero attached hydrogens (tertiary/aromatic N) is 3. The Bertz CT molecular complexity index is 1300. The van der Waals surface area contributed by atoms with Crippen LogP contribution < -0.4 is 5.73 Å². The van der Waals surface area contributed by atoms with Crippen molar-refractivity contribution in [3.8, 4) is 0 Å². The van der Waals surface area contributed by atoms with E-state index < -0.39 is 11.9 Å². The molecule has 8 nitrogen and oxygen atoms in total. The SMILES string of the molecule is CCOC(=O)c1c(N)n(CCOC(=O)c2ccccc2Cl)c2nc3ccccc3nc12. The summed E-state index contributed by atoms with van der Waals surface area (Å²) in [6.45, 7) is 2.07. The third-order valence-electron chi connectivity index (χ3n) is 4.71. The highest BCUT2D eigenvalue weighted by Gasteiger charge is 2.25. The van der Waals surface area contributed by atoms with E-state index in [0.29, 0.717) is 27.2 Å². The van der Waals surface area contributed by atoms with Crippen LogP contribution in [0.2, 0.25) is 5.02 Å². The van der Waals surface area contributed by atoms with Gasteiger partial charge in [0.15, 0.2) is 5.65 Å². The van der Waals surface area contributed by atoms with Crippen LogP contribution in [-0.2, 0) is 16.0 Å². The molecule has 0 amide bonds. The van der Waals surface area contributed by atoms with Crippen molar-refractivity contribution in [2.75, 3.05) is 18.9 Å². The minimum atomic E-state index is -0.582. The molecule has 158 valence electrons. The lowest BCUT2D eigenvalue weighted by molar-refractivity contribution is 0.0488. The number of ether oxygens (including phenoxy) is 2. The minimum absolute atomic E-state index is 0.00515. The van der Waals surface area contributed by atoms with Crippen LogP contribution in [0.4, 0.5) is 5.82 Å². The third kappa shape index (κ3) is 3.89. The van der Waals surface area contributed by atoms with Crippen LogP contribution >= 0.6 is 11.6 Å². The van der Waals surface area contributed by atoms with Gasteiger partial charge in [0.1, 0.15) is 23.5 Å². The molecule has 0 aliphatic rings. The van der Waals surface area contributed by atoms with Gasteiger partial charge < -0.3 is 19.8 Å². The first-order valence-electron chi connectivity index (χ1n) is 9.64. The van der Waals surface area contributed by atoms with Gasteiger partial charge in [-0.05, 0) is 31.2 Å². The Balaban J connectivity index is 1.68. The summed E-state index contributed by atoms with van der Waals surface area (Å²) in [7, 11) is 0. The molecule has 4 aromatic rings. The van der Waals surface area contributed by atoms with Gasteiger partial charge in [-0.2, -0.15) is 0 Å². The van der Waals surface area contributed by atoms with Crippen LogP contribution in [0.15, 0.2) is 48.5 Å². The fraction of sp³-hybridized carbons (Fsp3) is 0.182. The molecule has 2 aromatic heterocycles. The smallest absolute Gasteiger partial charge is 0.344 e. The van der Waals surface area contributed by atoms with E-state index >= 15 is 0 Å². The van der Waals surface area contributed by atoms with E-state index in [0.717, 1.165) is 0 Å². The van der Waals surface area contributed by atoms with Crippen LogP contribution in [0.3, 0.4) is 0 Å². The van der Waals surface area contributed by atoms with Crippen LogP contribution in [0.5, 0.6) is 0 Å². The van der Waals surface area contributed by atoms with Crippen molar-refractivity contribution in [1.82, 2.24) is 14.5 Å². The maximum Gasteiger partial charge on any atom is 0.344 e. The van der Waals surface area contributed by atoms with E-state index in [1.54, 1.807) is 41.8 Å². The molecule has 0 unspecified atom stereocenters. The molecular formula is C22H19ClN4O4. The topological polar surface area (TPSA) is 109 Å². The van der Waals surface area contributed by atoms with Crippen LogP contribution in [0.25, 0.3) is 22.2 Å². The van der Waals surface area contributed by atoms with Crippen molar-refractivity contribution >= 4 is 51.6 Å². The van der Waals surface area contributed by atoms with Crippen molar-refractivity contribution in [2.24, 2.45) is 0 Å². The summed E-state index contributed by atoms with van der Waals surface area (Å²) >= 11 is 6.05. The molecule has 0 fully saturated rings. The molecule has 9 heteroatoms. The summed E-state index contributed by atoms with van der Waals surface area (Å²) in [4.78, 5) is 34.1. The molecule has 0 bridgehead atoms. The summed E-state index contributed by atoms with van der Waals surface area (Å²) in [6.07, 6.45) is 0. The first kappa shape index (κ1) is 20.6. The standard InChI is InChI=1S/C22H19ClN4O4/c1-2-30-22(29)17-18-20(26-16-10-6-5-9-15(16)25-18)27(19(17)24)11-12-31-21(28)13-7-3-4-8-14(13)23/h3-10H,2,11-12,24H2,1H3. The fourth-order valence-corrected chi connectivity index (χ4v) is 3.49. The number of fused-ring (bicyclic) bond motifs is 2. The molecular weight excluding hydrogens is 420 g/mol. The molecule has 2 N–H and O–H groups in total. The Kier molecular flexibility index (Phi) is 5.73. The van der Waals surface area contributed by atoms with E-state index in [4.69, 9.17) is 26.8 Å². The predicted molar refractivity (Wildman–Crippen MR) is 117 cm³/mol. The zero-order valence-electron chi connectivity index (χ0n) is 16.7. The summed E-state index contributed by atoms with van der Waals surface area (Å²) in [5.74, 6) is -0.985. The lowest BCUT2D eigenvalue weighted by atomic mass is 10.2. The second kappa shape index (κ2) is 8.61. The van der Waals surface area contributed by atoms with E-state index in [1.165, 1.54) is 0 Å². The van der Waals surface area contributed by atoms with Crippen LogP contribution in [-0.4, -0.2) is 39.7 Å². The van der Waals surface area contributed by atoms with Crippen molar-refractivity contribution < 1.29 is 19.1 Å². The fourth-order valence-electron chi connectivity index (χ4n) is 3.28. The van der Waals surface area contributed by atoms with E-state index in [9.17, 15) is 9.59 Å². The Labute approximate surface area is 182 Å². The number of carbonyl (C=O) groups is 2. The Morgan fingerprint density at radius 1 is 1.00 bits per heavy atom. The van der Waals surface area contributed by atoms with E-state index in [-0.39, 0.29) is 36.7 Å².